The molecule has 1 N–H and O–H groups in total. The lowest BCUT2D eigenvalue weighted by atomic mass is 10.1. The van der Waals surface area contributed by atoms with Gasteiger partial charge in [0.15, 0.2) is 0 Å². The Balaban J connectivity index is 1.66. The summed E-state index contributed by atoms with van der Waals surface area (Å²) >= 11 is 0. The van der Waals surface area contributed by atoms with E-state index in [0.29, 0.717) is 18.0 Å². The molecule has 1 aliphatic heterocycles. The number of nitrogens with one attached hydrogen (secondary N) is 1. The van der Waals surface area contributed by atoms with Crippen molar-refractivity contribution in [2.45, 2.75) is 44.4 Å². The molecule has 3 rings (SSSR count). The highest BCUT2D eigenvalue weighted by atomic mass is 32.2. The van der Waals surface area contributed by atoms with Crippen molar-refractivity contribution in [3.05, 3.63) is 59.2 Å². The number of carbonyl (C=O) groups excluding carboxylic acids is 1. The summed E-state index contributed by atoms with van der Waals surface area (Å²) in [4.78, 5) is 12.6. The third-order valence-corrected chi connectivity index (χ3v) is 6.82. The fourth-order valence-electron chi connectivity index (χ4n) is 3.28. The van der Waals surface area contributed by atoms with Crippen LogP contribution in [0.15, 0.2) is 47.4 Å². The van der Waals surface area contributed by atoms with Crippen molar-refractivity contribution in [2.24, 2.45) is 0 Å². The fourth-order valence-corrected chi connectivity index (χ4v) is 4.80. The number of sulfonamides is 1. The van der Waals surface area contributed by atoms with Crippen molar-refractivity contribution in [1.29, 1.82) is 0 Å². The largest absolute Gasteiger partial charge is 0.326 e. The van der Waals surface area contributed by atoms with Crippen LogP contribution in [0.3, 0.4) is 0 Å². The van der Waals surface area contributed by atoms with Gasteiger partial charge in [-0.05, 0) is 61.6 Å². The molecule has 6 heteroatoms. The van der Waals surface area contributed by atoms with Crippen LogP contribution in [-0.2, 0) is 21.2 Å². The monoisotopic (exact) mass is 386 g/mol. The zero-order valence-electron chi connectivity index (χ0n) is 15.9. The lowest BCUT2D eigenvalue weighted by molar-refractivity contribution is -0.115. The van der Waals surface area contributed by atoms with Crippen LogP contribution >= 0.6 is 0 Å². The minimum atomic E-state index is -3.43. The van der Waals surface area contributed by atoms with Crippen LogP contribution in [0.2, 0.25) is 0 Å². The summed E-state index contributed by atoms with van der Waals surface area (Å²) in [5.41, 5.74) is 3.69. The standard InChI is InChI=1S/C21H26N2O3S/c1-16-6-7-17(2)20(14-16)22-21(24)15-18-8-10-19(11-9-18)27(25,26)23-12-4-3-5-13-23/h6-11,14H,3-5,12-13,15H2,1-2H3,(H,22,24). The zero-order valence-corrected chi connectivity index (χ0v) is 16.7. The molecule has 0 aliphatic carbocycles. The summed E-state index contributed by atoms with van der Waals surface area (Å²) in [6, 6.07) is 12.6. The topological polar surface area (TPSA) is 66.5 Å². The minimum Gasteiger partial charge on any atom is -0.326 e. The fraction of sp³-hybridized carbons (Fsp3) is 0.381. The number of aryl methyl sites for hydroxylation is 2. The van der Waals surface area contributed by atoms with Crippen molar-refractivity contribution in [3.63, 3.8) is 0 Å². The number of carbonyl (C=O) groups is 1. The first-order valence-corrected chi connectivity index (χ1v) is 10.8. The molecule has 0 bridgehead atoms. The van der Waals surface area contributed by atoms with Gasteiger partial charge in [0.1, 0.15) is 0 Å². The zero-order chi connectivity index (χ0) is 19.4. The van der Waals surface area contributed by atoms with Crippen molar-refractivity contribution in [3.8, 4) is 0 Å². The van der Waals surface area contributed by atoms with Gasteiger partial charge in [-0.1, -0.05) is 30.7 Å². The first kappa shape index (κ1) is 19.6. The number of piperidine rings is 1. The van der Waals surface area contributed by atoms with E-state index in [1.54, 1.807) is 28.6 Å². The molecule has 0 atom stereocenters. The molecule has 1 aliphatic rings. The van der Waals surface area contributed by atoms with Crippen molar-refractivity contribution in [1.82, 2.24) is 4.31 Å². The first-order chi connectivity index (χ1) is 12.9. The van der Waals surface area contributed by atoms with E-state index < -0.39 is 10.0 Å². The van der Waals surface area contributed by atoms with E-state index in [9.17, 15) is 13.2 Å². The lowest BCUT2D eigenvalue weighted by Crippen LogP contribution is -2.35. The van der Waals surface area contributed by atoms with E-state index >= 15 is 0 Å². The van der Waals surface area contributed by atoms with Gasteiger partial charge < -0.3 is 5.32 Å². The predicted molar refractivity (Wildman–Crippen MR) is 107 cm³/mol. The van der Waals surface area contributed by atoms with Crippen LogP contribution in [0, 0.1) is 13.8 Å². The second kappa shape index (κ2) is 8.23. The Hall–Kier alpha value is -2.18. The van der Waals surface area contributed by atoms with Crippen molar-refractivity contribution in [2.75, 3.05) is 18.4 Å². The molecule has 0 spiro atoms. The Morgan fingerprint density at radius 2 is 1.67 bits per heavy atom. The van der Waals surface area contributed by atoms with Crippen LogP contribution in [0.25, 0.3) is 0 Å². The molecule has 2 aromatic rings. The van der Waals surface area contributed by atoms with E-state index in [0.717, 1.165) is 41.6 Å². The van der Waals surface area contributed by atoms with Crippen LogP contribution in [0.4, 0.5) is 5.69 Å². The Morgan fingerprint density at radius 3 is 2.33 bits per heavy atom. The number of hydrogen-bond donors (Lipinski definition) is 1. The number of nitrogens with zero attached hydrogens (tertiary/aromatic N) is 1. The Bertz CT molecular complexity index is 915. The van der Waals surface area contributed by atoms with Crippen LogP contribution in [0.1, 0.15) is 36.0 Å². The highest BCUT2D eigenvalue weighted by Gasteiger charge is 2.25. The van der Waals surface area contributed by atoms with Gasteiger partial charge in [0, 0.05) is 18.8 Å². The second-order valence-corrected chi connectivity index (χ2v) is 9.09. The van der Waals surface area contributed by atoms with E-state index in [-0.39, 0.29) is 12.3 Å². The molecule has 0 radical (unpaired) electrons. The normalized spacial score (nSPS) is 15.5. The average molecular weight is 387 g/mol. The minimum absolute atomic E-state index is 0.115. The van der Waals surface area contributed by atoms with E-state index in [2.05, 4.69) is 5.32 Å². The molecular formula is C21H26N2O3S. The molecular weight excluding hydrogens is 360 g/mol. The third kappa shape index (κ3) is 4.76. The van der Waals surface area contributed by atoms with Gasteiger partial charge in [-0.25, -0.2) is 8.42 Å². The molecule has 1 heterocycles. The van der Waals surface area contributed by atoms with Crippen LogP contribution in [0.5, 0.6) is 0 Å². The average Bonchev–Trinajstić information content (AvgIpc) is 2.66. The summed E-state index contributed by atoms with van der Waals surface area (Å²) in [5.74, 6) is -0.115. The Labute approximate surface area is 161 Å². The SMILES string of the molecule is Cc1ccc(C)c(NC(=O)Cc2ccc(S(=O)(=O)N3CCCCC3)cc2)c1. The van der Waals surface area contributed by atoms with Gasteiger partial charge >= 0.3 is 0 Å². The number of rotatable bonds is 5. The molecule has 0 aromatic heterocycles. The molecule has 27 heavy (non-hydrogen) atoms. The third-order valence-electron chi connectivity index (χ3n) is 4.91. The molecule has 0 unspecified atom stereocenters. The maximum atomic E-state index is 12.7. The molecule has 1 fully saturated rings. The van der Waals surface area contributed by atoms with Gasteiger partial charge in [-0.3, -0.25) is 4.79 Å². The van der Waals surface area contributed by atoms with Crippen molar-refractivity contribution < 1.29 is 13.2 Å². The predicted octanol–water partition coefficient (Wildman–Crippen LogP) is 3.66. The van der Waals surface area contributed by atoms with Gasteiger partial charge in [-0.2, -0.15) is 4.31 Å². The molecule has 5 nitrogen and oxygen atoms in total. The maximum absolute atomic E-state index is 12.7. The molecule has 2 aromatic carbocycles. The number of benzene rings is 2. The van der Waals surface area contributed by atoms with E-state index in [1.807, 2.05) is 32.0 Å². The van der Waals surface area contributed by atoms with Crippen LogP contribution in [-0.4, -0.2) is 31.7 Å². The van der Waals surface area contributed by atoms with Gasteiger partial charge in [0.2, 0.25) is 15.9 Å². The molecule has 144 valence electrons. The Morgan fingerprint density at radius 1 is 1.00 bits per heavy atom. The molecule has 1 amide bonds. The number of anilines is 1. The Kier molecular flexibility index (Phi) is 5.97. The number of amides is 1. The highest BCUT2D eigenvalue weighted by molar-refractivity contribution is 7.89. The quantitative estimate of drug-likeness (QED) is 0.853. The van der Waals surface area contributed by atoms with Gasteiger partial charge in [-0.15, -0.1) is 0 Å². The summed E-state index contributed by atoms with van der Waals surface area (Å²) < 4.78 is 26.9. The second-order valence-electron chi connectivity index (χ2n) is 7.15. The smallest absolute Gasteiger partial charge is 0.243 e. The molecule has 1 saturated heterocycles. The first-order valence-electron chi connectivity index (χ1n) is 9.32. The van der Waals surface area contributed by atoms with Crippen molar-refractivity contribution >= 4 is 21.6 Å². The van der Waals surface area contributed by atoms with E-state index in [1.165, 1.54) is 0 Å². The summed E-state index contributed by atoms with van der Waals surface area (Å²) in [5, 5.41) is 2.93. The number of hydrogen-bond acceptors (Lipinski definition) is 3. The van der Waals surface area contributed by atoms with Gasteiger partial charge in [0.05, 0.1) is 11.3 Å². The van der Waals surface area contributed by atoms with Crippen LogP contribution < -0.4 is 5.32 Å². The molecule has 0 saturated carbocycles. The summed E-state index contributed by atoms with van der Waals surface area (Å²) in [6.07, 6.45) is 3.11. The summed E-state index contributed by atoms with van der Waals surface area (Å²) in [7, 11) is -3.43. The lowest BCUT2D eigenvalue weighted by Gasteiger charge is -2.25. The van der Waals surface area contributed by atoms with Gasteiger partial charge in [0.25, 0.3) is 0 Å². The summed E-state index contributed by atoms with van der Waals surface area (Å²) in [6.45, 7) is 5.11. The maximum Gasteiger partial charge on any atom is 0.243 e. The highest BCUT2D eigenvalue weighted by Crippen LogP contribution is 2.21. The van der Waals surface area contributed by atoms with E-state index in [4.69, 9.17) is 0 Å².